The molecule has 11 nitrogen and oxygen atoms in total. The van der Waals surface area contributed by atoms with E-state index in [1.54, 1.807) is 0 Å². The number of hydrogen-bond donors (Lipinski definition) is 4. The SMILES string of the molecule is CC(C)C[C@H](NC(=O)[C@H](CCCN=C(N)N[N+](=O)[O-])NCc1ccccc1)B1O[C@@H]2C[C@@H]3C[C@@H](C3(C)C)[C@]2(C)O1. The lowest BCUT2D eigenvalue weighted by atomic mass is 9.43. The van der Waals surface area contributed by atoms with Gasteiger partial charge in [0.2, 0.25) is 5.91 Å². The molecule has 1 aromatic carbocycles. The van der Waals surface area contributed by atoms with Crippen molar-refractivity contribution < 1.29 is 19.1 Å². The van der Waals surface area contributed by atoms with Crippen LogP contribution in [0.1, 0.15) is 72.3 Å². The third kappa shape index (κ3) is 6.78. The first-order valence-corrected chi connectivity index (χ1v) is 14.5. The minimum atomic E-state index is -0.751. The molecule has 220 valence electrons. The maximum atomic E-state index is 13.7. The van der Waals surface area contributed by atoms with E-state index in [-0.39, 0.29) is 41.5 Å². The Labute approximate surface area is 237 Å². The molecule has 1 aliphatic heterocycles. The Morgan fingerprint density at radius 2 is 1.98 bits per heavy atom. The number of nitrogens with one attached hydrogen (secondary N) is 3. The maximum absolute atomic E-state index is 13.7. The van der Waals surface area contributed by atoms with Crippen LogP contribution >= 0.6 is 0 Å². The number of guanidine groups is 1. The molecular weight excluding hydrogens is 511 g/mol. The van der Waals surface area contributed by atoms with Gasteiger partial charge in [-0.25, -0.2) is 15.1 Å². The van der Waals surface area contributed by atoms with Gasteiger partial charge in [-0.1, -0.05) is 63.5 Å². The van der Waals surface area contributed by atoms with Crippen LogP contribution in [0.15, 0.2) is 35.3 Å². The summed E-state index contributed by atoms with van der Waals surface area (Å²) in [5.74, 6) is 0.766. The fraction of sp³-hybridized carbons (Fsp3) is 0.714. The number of hydrogen-bond acceptors (Lipinski definition) is 7. The molecule has 2 bridgehead atoms. The zero-order valence-corrected chi connectivity index (χ0v) is 24.4. The van der Waals surface area contributed by atoms with Crippen LogP contribution in [-0.2, 0) is 20.6 Å². The second-order valence-corrected chi connectivity index (χ2v) is 12.8. The molecule has 6 atom stereocenters. The van der Waals surface area contributed by atoms with Gasteiger partial charge in [0.05, 0.1) is 23.7 Å². The Bertz CT molecular complexity index is 1070. The van der Waals surface area contributed by atoms with Crippen molar-refractivity contribution in [2.45, 2.75) is 97.0 Å². The monoisotopic (exact) mass is 556 g/mol. The number of nitro groups is 1. The predicted molar refractivity (Wildman–Crippen MR) is 154 cm³/mol. The zero-order chi connectivity index (χ0) is 29.1. The number of aliphatic imine (C=N–C) groups is 1. The molecule has 4 aliphatic rings. The summed E-state index contributed by atoms with van der Waals surface area (Å²) in [6.07, 6.45) is 3.94. The first kappa shape index (κ1) is 30.3. The number of amides is 1. The van der Waals surface area contributed by atoms with E-state index in [4.69, 9.17) is 15.0 Å². The fourth-order valence-electron chi connectivity index (χ4n) is 6.89. The molecule has 40 heavy (non-hydrogen) atoms. The van der Waals surface area contributed by atoms with E-state index in [1.165, 1.54) is 6.42 Å². The fourth-order valence-corrected chi connectivity index (χ4v) is 6.89. The number of nitrogens with two attached hydrogens (primary N) is 1. The molecule has 3 saturated carbocycles. The largest absolute Gasteiger partial charge is 0.481 e. The third-order valence-corrected chi connectivity index (χ3v) is 9.20. The van der Waals surface area contributed by atoms with Gasteiger partial charge >= 0.3 is 7.12 Å². The number of hydrazine groups is 1. The minimum Gasteiger partial charge on any atom is -0.404 e. The molecule has 5 rings (SSSR count). The standard InChI is InChI=1S/C28H45BN6O5/c1-18(2)14-24(29-39-23-16-20-15-22(27(20,3)4)28(23,5)40-29)33-25(36)21(32-17-19-10-7-6-8-11-19)12-9-13-31-26(30)34-35(37)38/h6-8,10-11,18,20-24,32H,9,12-17H2,1-5H3,(H,33,36)(H3,30,31,34)/t20-,21-,22-,23+,24-,28-/m0/s1. The normalized spacial score (nSPS) is 28.4. The Hall–Kier alpha value is -2.70. The Balaban J connectivity index is 1.42. The van der Waals surface area contributed by atoms with Crippen molar-refractivity contribution in [1.82, 2.24) is 16.1 Å². The molecule has 1 amide bonds. The summed E-state index contributed by atoms with van der Waals surface area (Å²) in [5, 5.41) is 16.5. The number of carbonyl (C=O) groups excluding carboxylic acids is 1. The van der Waals surface area contributed by atoms with E-state index in [0.29, 0.717) is 37.1 Å². The van der Waals surface area contributed by atoms with Crippen LogP contribution in [0.25, 0.3) is 0 Å². The quantitative estimate of drug-likeness (QED) is 0.0723. The van der Waals surface area contributed by atoms with E-state index in [1.807, 2.05) is 35.8 Å². The summed E-state index contributed by atoms with van der Waals surface area (Å²) in [4.78, 5) is 28.3. The summed E-state index contributed by atoms with van der Waals surface area (Å²) in [6, 6.07) is 9.40. The van der Waals surface area contributed by atoms with Crippen LogP contribution in [-0.4, -0.2) is 54.3 Å². The van der Waals surface area contributed by atoms with Gasteiger partial charge in [0.1, 0.15) is 0 Å². The van der Waals surface area contributed by atoms with Gasteiger partial charge in [-0.3, -0.25) is 4.79 Å². The number of rotatable bonds is 13. The minimum absolute atomic E-state index is 0.0453. The van der Waals surface area contributed by atoms with Gasteiger partial charge in [-0.05, 0) is 67.8 Å². The smallest absolute Gasteiger partial charge is 0.404 e. The van der Waals surface area contributed by atoms with E-state index >= 15 is 0 Å². The second-order valence-electron chi connectivity index (χ2n) is 12.8. The summed E-state index contributed by atoms with van der Waals surface area (Å²) in [5.41, 5.74) is 8.34. The van der Waals surface area contributed by atoms with Gasteiger partial charge < -0.3 is 25.7 Å². The molecular formula is C28H45BN6O5. The van der Waals surface area contributed by atoms with Crippen molar-refractivity contribution in [1.29, 1.82) is 0 Å². The highest BCUT2D eigenvalue weighted by Crippen LogP contribution is 2.65. The highest BCUT2D eigenvalue weighted by molar-refractivity contribution is 6.47. The van der Waals surface area contributed by atoms with Crippen molar-refractivity contribution >= 4 is 19.0 Å². The van der Waals surface area contributed by atoms with Crippen LogP contribution in [0.2, 0.25) is 0 Å². The van der Waals surface area contributed by atoms with Gasteiger partial charge in [0.25, 0.3) is 5.96 Å². The summed E-state index contributed by atoms with van der Waals surface area (Å²) in [6.45, 7) is 11.9. The van der Waals surface area contributed by atoms with Gasteiger partial charge in [0, 0.05) is 13.1 Å². The molecule has 5 N–H and O–H groups in total. The highest BCUT2D eigenvalue weighted by atomic mass is 16.7. The van der Waals surface area contributed by atoms with Crippen LogP contribution in [0.3, 0.4) is 0 Å². The molecule has 1 heterocycles. The predicted octanol–water partition coefficient (Wildman–Crippen LogP) is 2.82. The second kappa shape index (κ2) is 12.4. The number of nitrogens with zero attached hydrogens (tertiary/aromatic N) is 2. The lowest BCUT2D eigenvalue weighted by molar-refractivity contribution is -0.525. The molecule has 0 radical (unpaired) electrons. The third-order valence-electron chi connectivity index (χ3n) is 9.20. The molecule has 12 heteroatoms. The van der Waals surface area contributed by atoms with Gasteiger partial charge in [-0.2, -0.15) is 0 Å². The molecule has 1 saturated heterocycles. The molecule has 0 aromatic heterocycles. The van der Waals surface area contributed by atoms with Crippen molar-refractivity contribution in [2.24, 2.45) is 33.9 Å². The van der Waals surface area contributed by atoms with E-state index in [0.717, 1.165) is 18.4 Å². The summed E-state index contributed by atoms with van der Waals surface area (Å²) in [7, 11) is -0.496. The van der Waals surface area contributed by atoms with Crippen LogP contribution in [0.5, 0.6) is 0 Å². The van der Waals surface area contributed by atoms with Crippen LogP contribution in [0, 0.1) is 33.3 Å². The summed E-state index contributed by atoms with van der Waals surface area (Å²) < 4.78 is 13.3. The first-order valence-electron chi connectivity index (χ1n) is 14.5. The first-order chi connectivity index (χ1) is 18.9. The van der Waals surface area contributed by atoms with Crippen molar-refractivity contribution in [3.8, 4) is 0 Å². The van der Waals surface area contributed by atoms with Gasteiger partial charge in [-0.15, -0.1) is 0 Å². The number of benzene rings is 1. The maximum Gasteiger partial charge on any atom is 0.481 e. The Morgan fingerprint density at radius 3 is 2.62 bits per heavy atom. The Kier molecular flexibility index (Phi) is 9.42. The molecule has 3 aliphatic carbocycles. The zero-order valence-electron chi connectivity index (χ0n) is 24.4. The van der Waals surface area contributed by atoms with Crippen molar-refractivity contribution in [2.75, 3.05) is 6.54 Å². The number of carbonyl (C=O) groups is 1. The molecule has 0 spiro atoms. The van der Waals surface area contributed by atoms with Crippen LogP contribution in [0.4, 0.5) is 0 Å². The average molecular weight is 557 g/mol. The average Bonchev–Trinajstić information content (AvgIpc) is 3.25. The van der Waals surface area contributed by atoms with E-state index in [2.05, 4.69) is 50.2 Å². The lowest BCUT2D eigenvalue weighted by Crippen LogP contribution is -2.65. The molecule has 4 fully saturated rings. The molecule has 0 unspecified atom stereocenters. The summed E-state index contributed by atoms with van der Waals surface area (Å²) >= 11 is 0. The van der Waals surface area contributed by atoms with E-state index in [9.17, 15) is 14.9 Å². The lowest BCUT2D eigenvalue weighted by Gasteiger charge is -2.64. The highest BCUT2D eigenvalue weighted by Gasteiger charge is 2.68. The molecule has 1 aromatic rings. The topological polar surface area (TPSA) is 153 Å². The van der Waals surface area contributed by atoms with Gasteiger partial charge in [0.15, 0.2) is 5.03 Å². The van der Waals surface area contributed by atoms with Crippen molar-refractivity contribution in [3.63, 3.8) is 0 Å². The van der Waals surface area contributed by atoms with E-state index < -0.39 is 18.2 Å². The Morgan fingerprint density at radius 1 is 1.25 bits per heavy atom. The van der Waals surface area contributed by atoms with Crippen LogP contribution < -0.4 is 21.8 Å². The van der Waals surface area contributed by atoms with Crippen molar-refractivity contribution in [3.05, 3.63) is 46.0 Å².